The number of halogens is 1. The third-order valence-corrected chi connectivity index (χ3v) is 7.98. The van der Waals surface area contributed by atoms with Gasteiger partial charge >= 0.3 is 0 Å². The van der Waals surface area contributed by atoms with Crippen molar-refractivity contribution >= 4 is 39.1 Å². The summed E-state index contributed by atoms with van der Waals surface area (Å²) in [7, 11) is -4.00. The summed E-state index contributed by atoms with van der Waals surface area (Å²) in [6.45, 7) is 2.55. The van der Waals surface area contributed by atoms with E-state index in [4.69, 9.17) is 11.6 Å². The van der Waals surface area contributed by atoms with Gasteiger partial charge in [-0.1, -0.05) is 61.0 Å². The van der Waals surface area contributed by atoms with Crippen molar-refractivity contribution in [3.63, 3.8) is 0 Å². The molecule has 0 saturated carbocycles. The SMILES string of the molecule is CCCCc1ccc(S(=O)(=O)c2cnc(SCC(=O)NCCc3ccc(Cl)cc3)[nH]c2=O)cc1. The number of unbranched alkanes of at least 4 members (excludes halogenated alkanes) is 1. The van der Waals surface area contributed by atoms with E-state index in [-0.39, 0.29) is 21.7 Å². The van der Waals surface area contributed by atoms with Crippen molar-refractivity contribution in [2.75, 3.05) is 12.3 Å². The summed E-state index contributed by atoms with van der Waals surface area (Å²) in [6, 6.07) is 13.9. The summed E-state index contributed by atoms with van der Waals surface area (Å²) in [5.41, 5.74) is 1.33. The van der Waals surface area contributed by atoms with Crippen molar-refractivity contribution in [1.82, 2.24) is 15.3 Å². The summed E-state index contributed by atoms with van der Waals surface area (Å²) in [5, 5.41) is 3.63. The molecule has 0 saturated heterocycles. The largest absolute Gasteiger partial charge is 0.355 e. The van der Waals surface area contributed by atoms with Crippen molar-refractivity contribution in [3.8, 4) is 0 Å². The molecule has 10 heteroatoms. The number of hydrogen-bond acceptors (Lipinski definition) is 6. The molecular weight excluding hydrogens is 494 g/mol. The predicted molar refractivity (Wildman–Crippen MR) is 134 cm³/mol. The highest BCUT2D eigenvalue weighted by Crippen LogP contribution is 2.20. The fourth-order valence-corrected chi connectivity index (χ4v) is 5.18. The highest BCUT2D eigenvalue weighted by atomic mass is 35.5. The number of carbonyl (C=O) groups is 1. The first-order valence-corrected chi connectivity index (χ1v) is 13.7. The average Bonchev–Trinajstić information content (AvgIpc) is 2.83. The van der Waals surface area contributed by atoms with E-state index >= 15 is 0 Å². The van der Waals surface area contributed by atoms with E-state index in [2.05, 4.69) is 22.2 Å². The number of aryl methyl sites for hydroxylation is 1. The number of thioether (sulfide) groups is 1. The Hall–Kier alpha value is -2.62. The van der Waals surface area contributed by atoms with Gasteiger partial charge in [0, 0.05) is 11.6 Å². The summed E-state index contributed by atoms with van der Waals surface area (Å²) < 4.78 is 25.7. The smallest absolute Gasteiger partial charge is 0.270 e. The Morgan fingerprint density at radius 2 is 1.71 bits per heavy atom. The molecule has 3 rings (SSSR count). The second-order valence-electron chi connectivity index (χ2n) is 7.65. The minimum absolute atomic E-state index is 0.0366. The van der Waals surface area contributed by atoms with Crippen LogP contribution < -0.4 is 10.9 Å². The first-order chi connectivity index (χ1) is 16.3. The Kier molecular flexibility index (Phi) is 9.32. The molecule has 0 spiro atoms. The molecule has 3 aromatic rings. The van der Waals surface area contributed by atoms with Crippen molar-refractivity contribution in [2.45, 2.75) is 47.6 Å². The molecule has 2 aromatic carbocycles. The first kappa shape index (κ1) is 26.0. The van der Waals surface area contributed by atoms with Crippen LogP contribution in [-0.4, -0.2) is 36.6 Å². The van der Waals surface area contributed by atoms with Crippen LogP contribution >= 0.6 is 23.4 Å². The van der Waals surface area contributed by atoms with E-state index in [0.29, 0.717) is 18.0 Å². The molecule has 0 unspecified atom stereocenters. The molecule has 0 bridgehead atoms. The summed E-state index contributed by atoms with van der Waals surface area (Å²) in [6.07, 6.45) is 4.65. The molecule has 7 nitrogen and oxygen atoms in total. The minimum atomic E-state index is -4.00. The molecule has 0 radical (unpaired) electrons. The number of aromatic nitrogens is 2. The highest BCUT2D eigenvalue weighted by molar-refractivity contribution is 7.99. The van der Waals surface area contributed by atoms with Gasteiger partial charge in [-0.2, -0.15) is 0 Å². The van der Waals surface area contributed by atoms with E-state index in [1.54, 1.807) is 24.3 Å². The zero-order valence-corrected chi connectivity index (χ0v) is 21.1. The number of aromatic amines is 1. The number of nitrogens with zero attached hydrogens (tertiary/aromatic N) is 1. The van der Waals surface area contributed by atoms with Crippen molar-refractivity contribution in [1.29, 1.82) is 0 Å². The zero-order chi connectivity index (χ0) is 24.6. The zero-order valence-electron chi connectivity index (χ0n) is 18.7. The number of sulfone groups is 1. The Bertz CT molecular complexity index is 1270. The van der Waals surface area contributed by atoms with Gasteiger partial charge in [-0.15, -0.1) is 0 Å². The maximum atomic E-state index is 12.9. The van der Waals surface area contributed by atoms with Gasteiger partial charge in [0.2, 0.25) is 15.7 Å². The number of H-pyrrole nitrogens is 1. The van der Waals surface area contributed by atoms with E-state index < -0.39 is 20.3 Å². The molecule has 1 aromatic heterocycles. The normalized spacial score (nSPS) is 11.4. The molecule has 1 amide bonds. The van der Waals surface area contributed by atoms with Crippen molar-refractivity contribution in [3.05, 3.63) is 81.2 Å². The second kappa shape index (κ2) is 12.2. The molecule has 0 atom stereocenters. The predicted octanol–water partition coefficient (Wildman–Crippen LogP) is 4.05. The second-order valence-corrected chi connectivity index (χ2v) is 11.0. The number of nitrogens with one attached hydrogen (secondary N) is 2. The average molecular weight is 520 g/mol. The van der Waals surface area contributed by atoms with Crippen LogP contribution in [-0.2, 0) is 27.5 Å². The third-order valence-electron chi connectivity index (χ3n) is 5.07. The molecule has 0 fully saturated rings. The van der Waals surface area contributed by atoms with Crippen molar-refractivity contribution < 1.29 is 13.2 Å². The molecule has 180 valence electrons. The van der Waals surface area contributed by atoms with Gasteiger partial charge in [0.25, 0.3) is 5.56 Å². The standard InChI is InChI=1S/C24H26ClN3O4S2/c1-2-3-4-17-7-11-20(12-8-17)34(31,32)21-15-27-24(28-23(21)30)33-16-22(29)26-14-13-18-5-9-19(25)10-6-18/h5-12,15H,2-4,13-14,16H2,1H3,(H,26,29)(H,27,28,30). The fourth-order valence-electron chi connectivity index (χ4n) is 3.16. The molecule has 2 N–H and O–H groups in total. The minimum Gasteiger partial charge on any atom is -0.355 e. The van der Waals surface area contributed by atoms with Gasteiger partial charge in [-0.05, 0) is 54.7 Å². The van der Waals surface area contributed by atoms with E-state index in [0.717, 1.165) is 48.3 Å². The van der Waals surface area contributed by atoms with Gasteiger partial charge in [0.1, 0.15) is 0 Å². The lowest BCUT2D eigenvalue weighted by molar-refractivity contribution is -0.118. The lowest BCUT2D eigenvalue weighted by Gasteiger charge is -2.07. The van der Waals surface area contributed by atoms with Crippen LogP contribution in [0.1, 0.15) is 30.9 Å². The molecule has 1 heterocycles. The molecule has 0 aliphatic rings. The molecule has 34 heavy (non-hydrogen) atoms. The highest BCUT2D eigenvalue weighted by Gasteiger charge is 2.22. The van der Waals surface area contributed by atoms with Gasteiger partial charge in [-0.25, -0.2) is 13.4 Å². The number of benzene rings is 2. The Morgan fingerprint density at radius 1 is 1.06 bits per heavy atom. The summed E-state index contributed by atoms with van der Waals surface area (Å²) in [5.74, 6) is -0.184. The quantitative estimate of drug-likeness (QED) is 0.292. The van der Waals surface area contributed by atoms with Gasteiger partial charge in [-0.3, -0.25) is 9.59 Å². The van der Waals surface area contributed by atoms with Crippen LogP contribution in [0.25, 0.3) is 0 Å². The van der Waals surface area contributed by atoms with E-state index in [1.807, 2.05) is 12.1 Å². The maximum Gasteiger partial charge on any atom is 0.270 e. The molecule has 0 aliphatic carbocycles. The van der Waals surface area contributed by atoms with Crippen LogP contribution in [0.3, 0.4) is 0 Å². The summed E-state index contributed by atoms with van der Waals surface area (Å²) >= 11 is 6.88. The Labute approximate surface area is 208 Å². The van der Waals surface area contributed by atoms with Crippen LogP contribution in [0.15, 0.2) is 74.5 Å². The van der Waals surface area contributed by atoms with Crippen LogP contribution in [0.5, 0.6) is 0 Å². The number of hydrogen-bond donors (Lipinski definition) is 2. The Balaban J connectivity index is 1.56. The van der Waals surface area contributed by atoms with Gasteiger partial charge in [0.15, 0.2) is 10.1 Å². The van der Waals surface area contributed by atoms with Crippen molar-refractivity contribution in [2.24, 2.45) is 0 Å². The monoisotopic (exact) mass is 519 g/mol. The topological polar surface area (TPSA) is 109 Å². The maximum absolute atomic E-state index is 12.9. The lowest BCUT2D eigenvalue weighted by atomic mass is 10.1. The first-order valence-electron chi connectivity index (χ1n) is 10.9. The van der Waals surface area contributed by atoms with Crippen LogP contribution in [0.4, 0.5) is 0 Å². The number of rotatable bonds is 11. The molecular formula is C24H26ClN3O4S2. The lowest BCUT2D eigenvalue weighted by Crippen LogP contribution is -2.27. The van der Waals surface area contributed by atoms with Crippen LogP contribution in [0, 0.1) is 0 Å². The Morgan fingerprint density at radius 3 is 2.35 bits per heavy atom. The van der Waals surface area contributed by atoms with E-state index in [1.165, 1.54) is 12.1 Å². The summed E-state index contributed by atoms with van der Waals surface area (Å²) in [4.78, 5) is 30.7. The number of amides is 1. The third kappa shape index (κ3) is 7.19. The van der Waals surface area contributed by atoms with Crippen LogP contribution in [0.2, 0.25) is 5.02 Å². The number of carbonyl (C=O) groups excluding carboxylic acids is 1. The molecule has 0 aliphatic heterocycles. The van der Waals surface area contributed by atoms with E-state index in [9.17, 15) is 18.0 Å². The van der Waals surface area contributed by atoms with Gasteiger partial charge < -0.3 is 10.3 Å². The van der Waals surface area contributed by atoms with Gasteiger partial charge in [0.05, 0.1) is 16.8 Å². The fraction of sp³-hybridized carbons (Fsp3) is 0.292.